The molecule has 0 amide bonds. The number of hydrogen-bond donors (Lipinski definition) is 2. The lowest BCUT2D eigenvalue weighted by Gasteiger charge is -2.09. The number of nitrogens with zero attached hydrogens (tertiary/aromatic N) is 2. The van der Waals surface area contributed by atoms with Crippen LogP contribution in [0, 0.1) is 11.6 Å². The van der Waals surface area contributed by atoms with Crippen molar-refractivity contribution in [1.82, 2.24) is 9.97 Å². The Labute approximate surface area is 138 Å². The third kappa shape index (κ3) is 4.04. The van der Waals surface area contributed by atoms with E-state index >= 15 is 0 Å². The first-order valence-electron chi connectivity index (χ1n) is 7.53. The molecule has 2 aromatic carbocycles. The predicted octanol–water partition coefficient (Wildman–Crippen LogP) is 4.15. The Hall–Kier alpha value is -3.02. The molecule has 3 rings (SSSR count). The maximum Gasteiger partial charge on any atom is 0.146 e. The standard InChI is InChI=1S/C18H16F2N4/c19-14-6-2-1-5-13(14)9-10-21-17-11-18(23-12-22-17)24-16-8-4-3-7-15(16)20/h1-8,11-12H,9-10H2,(H2,21,22,23,24). The Morgan fingerprint density at radius 3 is 2.33 bits per heavy atom. The maximum atomic E-state index is 13.6. The first kappa shape index (κ1) is 15.9. The average Bonchev–Trinajstić information content (AvgIpc) is 2.59. The van der Waals surface area contributed by atoms with Gasteiger partial charge < -0.3 is 10.6 Å². The number of aromatic nitrogens is 2. The van der Waals surface area contributed by atoms with Crippen LogP contribution in [0.3, 0.4) is 0 Å². The molecule has 0 atom stereocenters. The van der Waals surface area contributed by atoms with E-state index in [-0.39, 0.29) is 11.6 Å². The van der Waals surface area contributed by atoms with Gasteiger partial charge in [-0.2, -0.15) is 0 Å². The molecule has 0 saturated carbocycles. The average molecular weight is 326 g/mol. The molecule has 1 heterocycles. The van der Waals surface area contributed by atoms with Gasteiger partial charge in [-0.25, -0.2) is 18.7 Å². The molecule has 0 aliphatic rings. The lowest BCUT2D eigenvalue weighted by Crippen LogP contribution is -2.08. The minimum atomic E-state index is -0.356. The molecule has 3 aromatic rings. The third-order valence-electron chi connectivity index (χ3n) is 3.46. The fourth-order valence-corrected chi connectivity index (χ4v) is 2.25. The molecule has 0 aliphatic heterocycles. The minimum absolute atomic E-state index is 0.219. The highest BCUT2D eigenvalue weighted by Crippen LogP contribution is 2.19. The largest absolute Gasteiger partial charge is 0.370 e. The summed E-state index contributed by atoms with van der Waals surface area (Å²) in [5, 5.41) is 6.01. The van der Waals surface area contributed by atoms with E-state index in [1.165, 1.54) is 18.5 Å². The summed E-state index contributed by atoms with van der Waals surface area (Å²) in [6.07, 6.45) is 1.92. The predicted molar refractivity (Wildman–Crippen MR) is 90.3 cm³/mol. The van der Waals surface area contributed by atoms with Gasteiger partial charge in [0.2, 0.25) is 0 Å². The van der Waals surface area contributed by atoms with Gasteiger partial charge in [0.15, 0.2) is 0 Å². The zero-order valence-electron chi connectivity index (χ0n) is 12.8. The quantitative estimate of drug-likeness (QED) is 0.714. The first-order valence-corrected chi connectivity index (χ1v) is 7.53. The van der Waals surface area contributed by atoms with Crippen molar-refractivity contribution in [2.24, 2.45) is 0 Å². The second-order valence-electron chi connectivity index (χ2n) is 5.16. The summed E-state index contributed by atoms with van der Waals surface area (Å²) in [7, 11) is 0. The van der Waals surface area contributed by atoms with Crippen LogP contribution >= 0.6 is 0 Å². The summed E-state index contributed by atoms with van der Waals surface area (Å²) in [5.41, 5.74) is 0.984. The Balaban J connectivity index is 1.61. The second kappa shape index (κ2) is 7.50. The zero-order chi connectivity index (χ0) is 16.8. The highest BCUT2D eigenvalue weighted by molar-refractivity contribution is 5.59. The number of benzene rings is 2. The molecule has 0 unspecified atom stereocenters. The van der Waals surface area contributed by atoms with Gasteiger partial charge in [-0.05, 0) is 30.2 Å². The monoisotopic (exact) mass is 326 g/mol. The van der Waals surface area contributed by atoms with Crippen molar-refractivity contribution in [2.45, 2.75) is 6.42 Å². The molecule has 2 N–H and O–H groups in total. The first-order chi connectivity index (χ1) is 11.7. The zero-order valence-corrected chi connectivity index (χ0v) is 12.8. The molecule has 24 heavy (non-hydrogen) atoms. The van der Waals surface area contributed by atoms with Crippen LogP contribution in [-0.2, 0) is 6.42 Å². The lowest BCUT2D eigenvalue weighted by molar-refractivity contribution is 0.610. The third-order valence-corrected chi connectivity index (χ3v) is 3.46. The molecule has 0 spiro atoms. The van der Waals surface area contributed by atoms with Gasteiger partial charge in [-0.3, -0.25) is 0 Å². The highest BCUT2D eigenvalue weighted by Gasteiger charge is 2.04. The van der Waals surface area contributed by atoms with E-state index in [9.17, 15) is 8.78 Å². The number of halogens is 2. The minimum Gasteiger partial charge on any atom is -0.370 e. The molecule has 0 bridgehead atoms. The summed E-state index contributed by atoms with van der Waals surface area (Å²) >= 11 is 0. The van der Waals surface area contributed by atoms with E-state index in [0.29, 0.717) is 35.9 Å². The Bertz CT molecular complexity index is 823. The van der Waals surface area contributed by atoms with Crippen molar-refractivity contribution < 1.29 is 8.78 Å². The summed E-state index contributed by atoms with van der Waals surface area (Å²) in [4.78, 5) is 8.17. The van der Waals surface area contributed by atoms with Crippen LogP contribution in [0.25, 0.3) is 0 Å². The molecule has 1 aromatic heterocycles. The Morgan fingerprint density at radius 1 is 0.833 bits per heavy atom. The van der Waals surface area contributed by atoms with E-state index < -0.39 is 0 Å². The van der Waals surface area contributed by atoms with Crippen LogP contribution in [0.4, 0.5) is 26.1 Å². The molecular formula is C18H16F2N4. The molecule has 0 radical (unpaired) electrons. The molecule has 4 nitrogen and oxygen atoms in total. The van der Waals surface area contributed by atoms with Crippen molar-refractivity contribution in [1.29, 1.82) is 0 Å². The van der Waals surface area contributed by atoms with Crippen molar-refractivity contribution in [3.8, 4) is 0 Å². The van der Waals surface area contributed by atoms with Crippen LogP contribution in [0.15, 0.2) is 60.9 Å². The number of para-hydroxylation sites is 1. The lowest BCUT2D eigenvalue weighted by atomic mass is 10.1. The fourth-order valence-electron chi connectivity index (χ4n) is 2.25. The van der Waals surface area contributed by atoms with Crippen LogP contribution in [0.5, 0.6) is 0 Å². The van der Waals surface area contributed by atoms with Gasteiger partial charge in [0, 0.05) is 12.6 Å². The highest BCUT2D eigenvalue weighted by atomic mass is 19.1. The Kier molecular flexibility index (Phi) is 4.96. The normalized spacial score (nSPS) is 10.4. The SMILES string of the molecule is Fc1ccccc1CCNc1cc(Nc2ccccc2F)ncn1. The van der Waals surface area contributed by atoms with Crippen LogP contribution in [-0.4, -0.2) is 16.5 Å². The number of anilines is 3. The summed E-state index contributed by atoms with van der Waals surface area (Å²) < 4.78 is 27.2. The smallest absolute Gasteiger partial charge is 0.146 e. The van der Waals surface area contributed by atoms with E-state index in [1.807, 2.05) is 0 Å². The second-order valence-corrected chi connectivity index (χ2v) is 5.16. The summed E-state index contributed by atoms with van der Waals surface area (Å²) in [6.45, 7) is 0.525. The summed E-state index contributed by atoms with van der Waals surface area (Å²) in [6, 6.07) is 14.7. The Morgan fingerprint density at radius 2 is 1.54 bits per heavy atom. The molecule has 0 fully saturated rings. The van der Waals surface area contributed by atoms with Crippen molar-refractivity contribution in [2.75, 3.05) is 17.2 Å². The van der Waals surface area contributed by atoms with Crippen molar-refractivity contribution in [3.63, 3.8) is 0 Å². The molecule has 0 saturated heterocycles. The van der Waals surface area contributed by atoms with Crippen LogP contribution in [0.1, 0.15) is 5.56 Å². The molecular weight excluding hydrogens is 310 g/mol. The number of nitrogens with one attached hydrogen (secondary N) is 2. The van der Waals surface area contributed by atoms with Gasteiger partial charge in [0.25, 0.3) is 0 Å². The van der Waals surface area contributed by atoms with E-state index in [1.54, 1.807) is 42.5 Å². The van der Waals surface area contributed by atoms with Crippen LogP contribution < -0.4 is 10.6 Å². The van der Waals surface area contributed by atoms with Crippen LogP contribution in [0.2, 0.25) is 0 Å². The van der Waals surface area contributed by atoms with Crippen molar-refractivity contribution in [3.05, 3.63) is 78.1 Å². The van der Waals surface area contributed by atoms with Gasteiger partial charge in [-0.1, -0.05) is 30.3 Å². The number of hydrogen-bond acceptors (Lipinski definition) is 4. The van der Waals surface area contributed by atoms with Gasteiger partial charge in [0.1, 0.15) is 29.6 Å². The topological polar surface area (TPSA) is 49.8 Å². The van der Waals surface area contributed by atoms with E-state index in [4.69, 9.17) is 0 Å². The van der Waals surface area contributed by atoms with E-state index in [2.05, 4.69) is 20.6 Å². The van der Waals surface area contributed by atoms with E-state index in [0.717, 1.165) is 0 Å². The maximum absolute atomic E-state index is 13.6. The molecule has 0 aliphatic carbocycles. The van der Waals surface area contributed by atoms with Gasteiger partial charge in [0.05, 0.1) is 5.69 Å². The molecule has 122 valence electrons. The van der Waals surface area contributed by atoms with Gasteiger partial charge >= 0.3 is 0 Å². The van der Waals surface area contributed by atoms with Crippen molar-refractivity contribution >= 4 is 17.3 Å². The van der Waals surface area contributed by atoms with Gasteiger partial charge in [-0.15, -0.1) is 0 Å². The summed E-state index contributed by atoms with van der Waals surface area (Å²) in [5.74, 6) is 0.484. The number of rotatable bonds is 6. The fraction of sp³-hybridized carbons (Fsp3) is 0.111. The molecule has 6 heteroatoms.